The fourth-order valence-electron chi connectivity index (χ4n) is 1.49. The molecule has 0 amide bonds. The molecule has 20 heavy (non-hydrogen) atoms. The Hall–Kier alpha value is -1.61. The fraction of sp³-hybridized carbons (Fsp3) is 0.636. The molecular formula is C11H18N4O4S. The normalized spacial score (nSPS) is 12.3. The number of thioether (sulfide) groups is 1. The second-order valence-corrected chi connectivity index (χ2v) is 5.24. The van der Waals surface area contributed by atoms with E-state index < -0.39 is 23.1 Å². The van der Waals surface area contributed by atoms with Gasteiger partial charge in [-0.25, -0.2) is 0 Å². The number of aryl methyl sites for hydroxylation is 1. The first-order chi connectivity index (χ1) is 9.45. The summed E-state index contributed by atoms with van der Waals surface area (Å²) in [5.41, 5.74) is -1.62. The number of nitrogens with one attached hydrogen (secondary N) is 2. The third-order valence-corrected chi connectivity index (χ3v) is 3.59. The molecule has 9 heteroatoms. The molecule has 1 heterocycles. The van der Waals surface area contributed by atoms with Crippen LogP contribution in [0.5, 0.6) is 0 Å². The summed E-state index contributed by atoms with van der Waals surface area (Å²) in [6.07, 6.45) is 1.25. The molecular weight excluding hydrogens is 284 g/mol. The summed E-state index contributed by atoms with van der Waals surface area (Å²) < 4.78 is 1.35. The van der Waals surface area contributed by atoms with Gasteiger partial charge < -0.3 is 10.4 Å². The van der Waals surface area contributed by atoms with E-state index in [0.717, 1.165) is 6.42 Å². The molecule has 0 radical (unpaired) electrons. The first-order valence-electron chi connectivity index (χ1n) is 6.22. The average Bonchev–Trinajstić information content (AvgIpc) is 2.38. The Labute approximate surface area is 119 Å². The first-order valence-corrected chi connectivity index (χ1v) is 7.20. The van der Waals surface area contributed by atoms with Crippen LogP contribution in [-0.4, -0.2) is 44.2 Å². The van der Waals surface area contributed by atoms with Crippen molar-refractivity contribution in [2.24, 2.45) is 7.05 Å². The van der Waals surface area contributed by atoms with Gasteiger partial charge in [0.1, 0.15) is 6.04 Å². The summed E-state index contributed by atoms with van der Waals surface area (Å²) in [7, 11) is 1.57. The summed E-state index contributed by atoms with van der Waals surface area (Å²) in [6, 6.07) is -0.623. The fourth-order valence-corrected chi connectivity index (χ4v) is 2.41. The molecule has 1 aromatic rings. The molecule has 0 aliphatic heterocycles. The molecule has 8 nitrogen and oxygen atoms in total. The highest BCUT2D eigenvalue weighted by Gasteiger charge is 2.16. The average molecular weight is 302 g/mol. The zero-order valence-electron chi connectivity index (χ0n) is 11.4. The number of carbonyl (C=O) groups is 1. The Kier molecular flexibility index (Phi) is 6.46. The van der Waals surface area contributed by atoms with E-state index in [0.29, 0.717) is 23.9 Å². The van der Waals surface area contributed by atoms with E-state index in [1.54, 1.807) is 7.05 Å². The molecule has 0 spiro atoms. The molecule has 112 valence electrons. The summed E-state index contributed by atoms with van der Waals surface area (Å²) in [6.45, 7) is 2.59. The quantitative estimate of drug-likeness (QED) is 0.434. The second-order valence-electron chi connectivity index (χ2n) is 4.18. The predicted octanol–water partition coefficient (Wildman–Crippen LogP) is -0.596. The highest BCUT2D eigenvalue weighted by molar-refractivity contribution is 7.99. The van der Waals surface area contributed by atoms with Gasteiger partial charge in [-0.3, -0.25) is 24.2 Å². The van der Waals surface area contributed by atoms with E-state index in [2.05, 4.69) is 15.4 Å². The van der Waals surface area contributed by atoms with Crippen LogP contribution in [0.3, 0.4) is 0 Å². The Morgan fingerprint density at radius 2 is 2.25 bits per heavy atom. The maximum Gasteiger partial charge on any atom is 0.339 e. The SMILES string of the molecule is CCCNC(CCSc1nc(=O)c(=O)[nH]n1C)C(=O)O. The zero-order chi connectivity index (χ0) is 15.1. The highest BCUT2D eigenvalue weighted by Crippen LogP contribution is 2.13. The molecule has 0 fully saturated rings. The van der Waals surface area contributed by atoms with Gasteiger partial charge in [0.25, 0.3) is 0 Å². The van der Waals surface area contributed by atoms with Gasteiger partial charge in [0.15, 0.2) is 5.16 Å². The highest BCUT2D eigenvalue weighted by atomic mass is 32.2. The number of H-pyrrole nitrogens is 1. The van der Waals surface area contributed by atoms with E-state index in [1.165, 1.54) is 16.4 Å². The number of rotatable bonds is 8. The number of carboxylic acid groups (broad SMARTS) is 1. The van der Waals surface area contributed by atoms with Gasteiger partial charge in [0.2, 0.25) is 0 Å². The molecule has 1 atom stereocenters. The molecule has 1 unspecified atom stereocenters. The van der Waals surface area contributed by atoms with Crippen LogP contribution in [0.4, 0.5) is 0 Å². The van der Waals surface area contributed by atoms with E-state index in [-0.39, 0.29) is 0 Å². The maximum atomic E-state index is 11.2. The van der Waals surface area contributed by atoms with E-state index in [4.69, 9.17) is 5.11 Å². The van der Waals surface area contributed by atoms with Crippen LogP contribution >= 0.6 is 11.8 Å². The van der Waals surface area contributed by atoms with Crippen molar-refractivity contribution in [3.05, 3.63) is 20.7 Å². The van der Waals surface area contributed by atoms with E-state index in [9.17, 15) is 14.4 Å². The predicted molar refractivity (Wildman–Crippen MR) is 75.2 cm³/mol. The van der Waals surface area contributed by atoms with Crippen LogP contribution in [-0.2, 0) is 11.8 Å². The minimum atomic E-state index is -0.901. The number of aromatic amines is 1. The van der Waals surface area contributed by atoms with Crippen molar-refractivity contribution in [1.82, 2.24) is 20.1 Å². The minimum Gasteiger partial charge on any atom is -0.480 e. The second kappa shape index (κ2) is 7.85. The maximum absolute atomic E-state index is 11.2. The lowest BCUT2D eigenvalue weighted by molar-refractivity contribution is -0.139. The van der Waals surface area contributed by atoms with Crippen LogP contribution in [0.2, 0.25) is 0 Å². The van der Waals surface area contributed by atoms with Crippen molar-refractivity contribution in [2.75, 3.05) is 12.3 Å². The third-order valence-electron chi connectivity index (χ3n) is 2.52. The van der Waals surface area contributed by atoms with Crippen LogP contribution in [0.1, 0.15) is 19.8 Å². The molecule has 3 N–H and O–H groups in total. The van der Waals surface area contributed by atoms with E-state index >= 15 is 0 Å². The number of hydrogen-bond donors (Lipinski definition) is 3. The lowest BCUT2D eigenvalue weighted by Crippen LogP contribution is -2.37. The molecule has 1 aromatic heterocycles. The Balaban J connectivity index is 2.58. The van der Waals surface area contributed by atoms with Crippen molar-refractivity contribution in [3.8, 4) is 0 Å². The first kappa shape index (κ1) is 16.4. The summed E-state index contributed by atoms with van der Waals surface area (Å²) in [5, 5.41) is 14.7. The van der Waals surface area contributed by atoms with Crippen LogP contribution in [0.15, 0.2) is 14.7 Å². The third kappa shape index (κ3) is 4.82. The van der Waals surface area contributed by atoms with Crippen molar-refractivity contribution in [2.45, 2.75) is 31.0 Å². The monoisotopic (exact) mass is 302 g/mol. The number of hydrogen-bond acceptors (Lipinski definition) is 6. The van der Waals surface area contributed by atoms with Crippen molar-refractivity contribution >= 4 is 17.7 Å². The smallest absolute Gasteiger partial charge is 0.339 e. The topological polar surface area (TPSA) is 117 Å². The van der Waals surface area contributed by atoms with Crippen LogP contribution in [0, 0.1) is 0 Å². The lowest BCUT2D eigenvalue weighted by atomic mass is 10.2. The van der Waals surface area contributed by atoms with Gasteiger partial charge in [-0.2, -0.15) is 4.98 Å². The van der Waals surface area contributed by atoms with E-state index in [1.807, 2.05) is 6.92 Å². The van der Waals surface area contributed by atoms with Crippen molar-refractivity contribution in [3.63, 3.8) is 0 Å². The molecule has 1 rings (SSSR count). The minimum absolute atomic E-state index is 0.356. The Morgan fingerprint density at radius 3 is 2.85 bits per heavy atom. The van der Waals surface area contributed by atoms with Crippen LogP contribution in [0.25, 0.3) is 0 Å². The zero-order valence-corrected chi connectivity index (χ0v) is 12.2. The number of nitrogens with zero attached hydrogens (tertiary/aromatic N) is 2. The summed E-state index contributed by atoms with van der Waals surface area (Å²) in [4.78, 5) is 36.8. The van der Waals surface area contributed by atoms with Gasteiger partial charge >= 0.3 is 17.1 Å². The summed E-state index contributed by atoms with van der Waals surface area (Å²) in [5.74, 6) is -0.428. The standard InChI is InChI=1S/C11H18N4O4S/c1-3-5-12-7(10(18)19)4-6-20-11-13-8(16)9(17)14-15(11)2/h7,12H,3-6H2,1-2H3,(H,14,17)(H,18,19). The molecule has 0 saturated heterocycles. The Bertz CT molecular complexity index is 568. The van der Waals surface area contributed by atoms with Gasteiger partial charge in [-0.05, 0) is 19.4 Å². The van der Waals surface area contributed by atoms with Crippen molar-refractivity contribution < 1.29 is 9.90 Å². The number of aromatic nitrogens is 3. The van der Waals surface area contributed by atoms with Crippen LogP contribution < -0.4 is 16.4 Å². The van der Waals surface area contributed by atoms with Gasteiger partial charge in [-0.15, -0.1) is 0 Å². The molecule has 0 aliphatic rings. The molecule has 0 aliphatic carbocycles. The van der Waals surface area contributed by atoms with Gasteiger partial charge in [-0.1, -0.05) is 18.7 Å². The molecule has 0 bridgehead atoms. The summed E-state index contributed by atoms with van der Waals surface area (Å²) >= 11 is 1.23. The molecule has 0 aromatic carbocycles. The largest absolute Gasteiger partial charge is 0.480 e. The molecule has 0 saturated carbocycles. The number of aliphatic carboxylic acids is 1. The Morgan fingerprint density at radius 1 is 1.55 bits per heavy atom. The lowest BCUT2D eigenvalue weighted by Gasteiger charge is -2.13. The van der Waals surface area contributed by atoms with Gasteiger partial charge in [0, 0.05) is 12.8 Å². The van der Waals surface area contributed by atoms with Gasteiger partial charge in [0.05, 0.1) is 0 Å². The number of carboxylic acids is 1. The van der Waals surface area contributed by atoms with Crippen molar-refractivity contribution in [1.29, 1.82) is 0 Å².